The Balaban J connectivity index is 1.56. The number of aromatic nitrogens is 1. The summed E-state index contributed by atoms with van der Waals surface area (Å²) in [5.41, 5.74) is 2.31. The zero-order valence-electron chi connectivity index (χ0n) is 15.9. The molecule has 0 aliphatic carbocycles. The first-order valence-electron chi connectivity index (χ1n) is 9.33. The SMILES string of the molecule is O=C(CN1C(=O)/C(=C\c2cccc(Cl)c2)Sc2ccccc21)NCc1ccccn1. The summed E-state index contributed by atoms with van der Waals surface area (Å²) in [6.45, 7) is 0.236. The molecule has 4 rings (SSSR count). The number of hydrogen-bond acceptors (Lipinski definition) is 4. The van der Waals surface area contributed by atoms with Gasteiger partial charge in [0.1, 0.15) is 6.54 Å². The number of nitrogens with one attached hydrogen (secondary N) is 1. The quantitative estimate of drug-likeness (QED) is 0.598. The summed E-state index contributed by atoms with van der Waals surface area (Å²) in [6.07, 6.45) is 3.48. The molecule has 5 nitrogen and oxygen atoms in total. The Morgan fingerprint density at radius 2 is 1.93 bits per heavy atom. The molecular formula is C23H18ClN3O2S. The number of pyridine rings is 1. The van der Waals surface area contributed by atoms with Crippen LogP contribution in [0.4, 0.5) is 5.69 Å². The number of anilines is 1. The van der Waals surface area contributed by atoms with E-state index in [9.17, 15) is 9.59 Å². The lowest BCUT2D eigenvalue weighted by atomic mass is 10.2. The van der Waals surface area contributed by atoms with Gasteiger partial charge in [0.15, 0.2) is 0 Å². The molecule has 2 amide bonds. The molecule has 1 aliphatic rings. The van der Waals surface area contributed by atoms with E-state index < -0.39 is 0 Å². The molecule has 0 saturated heterocycles. The van der Waals surface area contributed by atoms with Crippen molar-refractivity contribution in [2.24, 2.45) is 0 Å². The van der Waals surface area contributed by atoms with Crippen LogP contribution >= 0.6 is 23.4 Å². The Hall–Kier alpha value is -3.09. The molecule has 1 N–H and O–H groups in total. The number of fused-ring (bicyclic) bond motifs is 1. The number of hydrogen-bond donors (Lipinski definition) is 1. The van der Waals surface area contributed by atoms with Crippen LogP contribution in [0.25, 0.3) is 6.08 Å². The summed E-state index contributed by atoms with van der Waals surface area (Å²) < 4.78 is 0. The highest BCUT2D eigenvalue weighted by Gasteiger charge is 2.30. The summed E-state index contributed by atoms with van der Waals surface area (Å²) in [6, 6.07) is 20.4. The molecule has 7 heteroatoms. The van der Waals surface area contributed by atoms with E-state index in [-0.39, 0.29) is 18.4 Å². The molecule has 30 heavy (non-hydrogen) atoms. The monoisotopic (exact) mass is 435 g/mol. The summed E-state index contributed by atoms with van der Waals surface area (Å²) in [7, 11) is 0. The molecular weight excluding hydrogens is 418 g/mol. The van der Waals surface area contributed by atoms with Crippen LogP contribution < -0.4 is 10.2 Å². The highest BCUT2D eigenvalue weighted by atomic mass is 35.5. The molecule has 2 heterocycles. The van der Waals surface area contributed by atoms with E-state index in [4.69, 9.17) is 11.6 Å². The second-order valence-electron chi connectivity index (χ2n) is 6.62. The Labute approximate surface area is 183 Å². The predicted molar refractivity (Wildman–Crippen MR) is 120 cm³/mol. The second-order valence-corrected chi connectivity index (χ2v) is 8.14. The molecule has 150 valence electrons. The van der Waals surface area contributed by atoms with Gasteiger partial charge in [0.05, 0.1) is 22.8 Å². The molecule has 0 fully saturated rings. The van der Waals surface area contributed by atoms with Gasteiger partial charge in [-0.15, -0.1) is 0 Å². The third kappa shape index (κ3) is 4.72. The zero-order valence-corrected chi connectivity index (χ0v) is 17.5. The number of rotatable bonds is 5. The first-order valence-corrected chi connectivity index (χ1v) is 10.5. The van der Waals surface area contributed by atoms with Gasteiger partial charge in [-0.05, 0) is 48.0 Å². The van der Waals surface area contributed by atoms with Crippen molar-refractivity contribution < 1.29 is 9.59 Å². The summed E-state index contributed by atoms with van der Waals surface area (Å²) in [5, 5.41) is 3.43. The van der Waals surface area contributed by atoms with Crippen molar-refractivity contribution in [2.45, 2.75) is 11.4 Å². The molecule has 0 atom stereocenters. The van der Waals surface area contributed by atoms with Crippen LogP contribution in [0.5, 0.6) is 0 Å². The van der Waals surface area contributed by atoms with Crippen molar-refractivity contribution in [1.29, 1.82) is 0 Å². The Bertz CT molecular complexity index is 1120. The van der Waals surface area contributed by atoms with Crippen LogP contribution in [-0.2, 0) is 16.1 Å². The number of halogens is 1. The minimum Gasteiger partial charge on any atom is -0.349 e. The van der Waals surface area contributed by atoms with Crippen molar-refractivity contribution in [2.75, 3.05) is 11.4 Å². The van der Waals surface area contributed by atoms with Crippen LogP contribution in [0.2, 0.25) is 5.02 Å². The Kier molecular flexibility index (Phi) is 6.16. The Morgan fingerprint density at radius 3 is 2.73 bits per heavy atom. The molecule has 0 radical (unpaired) electrons. The van der Waals surface area contributed by atoms with Gasteiger partial charge in [-0.2, -0.15) is 0 Å². The molecule has 2 aromatic carbocycles. The maximum Gasteiger partial charge on any atom is 0.265 e. The fraction of sp³-hybridized carbons (Fsp3) is 0.0870. The first kappa shape index (κ1) is 20.2. The number of carbonyl (C=O) groups is 2. The highest BCUT2D eigenvalue weighted by molar-refractivity contribution is 8.04. The van der Waals surface area contributed by atoms with Gasteiger partial charge in [0.2, 0.25) is 5.91 Å². The van der Waals surface area contributed by atoms with Crippen molar-refractivity contribution in [3.8, 4) is 0 Å². The maximum absolute atomic E-state index is 13.2. The lowest BCUT2D eigenvalue weighted by molar-refractivity contribution is -0.122. The smallest absolute Gasteiger partial charge is 0.265 e. The molecule has 0 spiro atoms. The van der Waals surface area contributed by atoms with E-state index in [1.54, 1.807) is 24.4 Å². The summed E-state index contributed by atoms with van der Waals surface area (Å²) in [5.74, 6) is -0.468. The van der Waals surface area contributed by atoms with Gasteiger partial charge in [-0.3, -0.25) is 19.5 Å². The van der Waals surface area contributed by atoms with Gasteiger partial charge < -0.3 is 5.32 Å². The molecule has 1 aliphatic heterocycles. The number of para-hydroxylation sites is 1. The lowest BCUT2D eigenvalue weighted by Gasteiger charge is -2.29. The number of thioether (sulfide) groups is 1. The first-order chi connectivity index (χ1) is 14.6. The average Bonchev–Trinajstić information content (AvgIpc) is 2.76. The minimum atomic E-state index is -0.252. The molecule has 0 unspecified atom stereocenters. The van der Waals surface area contributed by atoms with E-state index in [1.807, 2.05) is 54.6 Å². The third-order valence-corrected chi connectivity index (χ3v) is 5.79. The lowest BCUT2D eigenvalue weighted by Crippen LogP contribution is -2.42. The van der Waals surface area contributed by atoms with Crippen molar-refractivity contribution >= 4 is 46.9 Å². The van der Waals surface area contributed by atoms with E-state index in [2.05, 4.69) is 10.3 Å². The molecule has 0 bridgehead atoms. The van der Waals surface area contributed by atoms with Crippen LogP contribution in [0.15, 0.2) is 82.7 Å². The average molecular weight is 436 g/mol. The third-order valence-electron chi connectivity index (χ3n) is 4.47. The van der Waals surface area contributed by atoms with E-state index in [1.165, 1.54) is 16.7 Å². The van der Waals surface area contributed by atoms with Gasteiger partial charge in [0.25, 0.3) is 5.91 Å². The van der Waals surface area contributed by atoms with Gasteiger partial charge in [-0.1, -0.05) is 53.7 Å². The fourth-order valence-electron chi connectivity index (χ4n) is 3.06. The van der Waals surface area contributed by atoms with Gasteiger partial charge in [0, 0.05) is 16.1 Å². The molecule has 0 saturated carbocycles. The van der Waals surface area contributed by atoms with E-state index >= 15 is 0 Å². The fourth-order valence-corrected chi connectivity index (χ4v) is 4.32. The van der Waals surface area contributed by atoms with Gasteiger partial charge >= 0.3 is 0 Å². The Morgan fingerprint density at radius 1 is 1.10 bits per heavy atom. The van der Waals surface area contributed by atoms with Crippen LogP contribution in [-0.4, -0.2) is 23.3 Å². The zero-order chi connectivity index (χ0) is 20.9. The summed E-state index contributed by atoms with van der Waals surface area (Å²) >= 11 is 7.47. The largest absolute Gasteiger partial charge is 0.349 e. The second kappa shape index (κ2) is 9.15. The number of benzene rings is 2. The standard InChI is InChI=1S/C23H18ClN3O2S/c24-17-7-5-6-16(12-17)13-21-23(29)27(19-9-1-2-10-20(19)30-21)15-22(28)26-14-18-8-3-4-11-25-18/h1-13H,14-15H2,(H,26,28)/b21-13+. The normalized spacial score (nSPS) is 14.5. The topological polar surface area (TPSA) is 62.3 Å². The highest BCUT2D eigenvalue weighted by Crippen LogP contribution is 2.41. The van der Waals surface area contributed by atoms with Crippen molar-refractivity contribution in [3.63, 3.8) is 0 Å². The number of amides is 2. The van der Waals surface area contributed by atoms with E-state index in [0.717, 1.165) is 21.8 Å². The summed E-state index contributed by atoms with van der Waals surface area (Å²) in [4.78, 5) is 32.9. The minimum absolute atomic E-state index is 0.0733. The van der Waals surface area contributed by atoms with Crippen LogP contribution in [0.3, 0.4) is 0 Å². The molecule has 1 aromatic heterocycles. The predicted octanol–water partition coefficient (Wildman–Crippen LogP) is 4.53. The van der Waals surface area contributed by atoms with Crippen molar-refractivity contribution in [3.05, 3.63) is 94.1 Å². The van der Waals surface area contributed by atoms with Crippen LogP contribution in [0.1, 0.15) is 11.3 Å². The number of carbonyl (C=O) groups excluding carboxylic acids is 2. The van der Waals surface area contributed by atoms with E-state index in [0.29, 0.717) is 16.5 Å². The molecule has 3 aromatic rings. The number of nitrogens with zero attached hydrogens (tertiary/aromatic N) is 2. The maximum atomic E-state index is 13.2. The van der Waals surface area contributed by atoms with Crippen LogP contribution in [0, 0.1) is 0 Å². The van der Waals surface area contributed by atoms with Gasteiger partial charge in [-0.25, -0.2) is 0 Å². The van der Waals surface area contributed by atoms with Crippen molar-refractivity contribution in [1.82, 2.24) is 10.3 Å².